The van der Waals surface area contributed by atoms with E-state index in [1.807, 2.05) is 66.7 Å². The summed E-state index contributed by atoms with van der Waals surface area (Å²) in [6, 6.07) is 58.6. The summed E-state index contributed by atoms with van der Waals surface area (Å²) < 4.78 is 8.84. The largest absolute Gasteiger partial charge is 0.456 e. The zero-order chi connectivity index (χ0) is 33.0. The van der Waals surface area contributed by atoms with Gasteiger partial charge in [0.15, 0.2) is 17.5 Å². The first kappa shape index (κ1) is 28.2. The van der Waals surface area contributed by atoms with Crippen LogP contribution in [0.25, 0.3) is 94.7 Å². The van der Waals surface area contributed by atoms with Crippen LogP contribution in [0.4, 0.5) is 0 Å². The Labute approximate surface area is 287 Å². The molecule has 0 unspecified atom stereocenters. The number of rotatable bonds is 5. The number of fused-ring (bicyclic) bond motifs is 6. The second-order valence-electron chi connectivity index (χ2n) is 12.5. The average Bonchev–Trinajstić information content (AvgIpc) is 3.74. The lowest BCUT2D eigenvalue weighted by atomic mass is 9.97. The van der Waals surface area contributed by atoms with Gasteiger partial charge in [-0.15, -0.1) is 0 Å². The molecule has 50 heavy (non-hydrogen) atoms. The fourth-order valence-electron chi connectivity index (χ4n) is 7.14. The van der Waals surface area contributed by atoms with Crippen molar-refractivity contribution in [1.82, 2.24) is 19.5 Å². The molecule has 234 valence electrons. The number of hydrogen-bond donors (Lipinski definition) is 0. The highest BCUT2D eigenvalue weighted by atomic mass is 16.3. The van der Waals surface area contributed by atoms with Gasteiger partial charge in [-0.2, -0.15) is 0 Å². The maximum atomic E-state index is 6.48. The molecule has 0 aliphatic heterocycles. The van der Waals surface area contributed by atoms with Crippen LogP contribution in [0.2, 0.25) is 0 Å². The minimum Gasteiger partial charge on any atom is -0.456 e. The molecule has 0 fully saturated rings. The normalized spacial score (nSPS) is 11.6. The molecule has 5 nitrogen and oxygen atoms in total. The van der Waals surface area contributed by atoms with Gasteiger partial charge in [-0.3, -0.25) is 0 Å². The Balaban J connectivity index is 1.12. The van der Waals surface area contributed by atoms with Gasteiger partial charge in [-0.1, -0.05) is 121 Å². The summed E-state index contributed by atoms with van der Waals surface area (Å²) in [7, 11) is 0. The first-order valence-corrected chi connectivity index (χ1v) is 16.7. The van der Waals surface area contributed by atoms with E-state index >= 15 is 0 Å². The Morgan fingerprint density at radius 1 is 0.380 bits per heavy atom. The van der Waals surface area contributed by atoms with Gasteiger partial charge in [0, 0.05) is 43.9 Å². The van der Waals surface area contributed by atoms with Gasteiger partial charge in [-0.05, 0) is 59.7 Å². The van der Waals surface area contributed by atoms with Crippen molar-refractivity contribution in [2.45, 2.75) is 0 Å². The van der Waals surface area contributed by atoms with Crippen LogP contribution in [0.5, 0.6) is 0 Å². The number of hydrogen-bond acceptors (Lipinski definition) is 4. The van der Waals surface area contributed by atoms with Gasteiger partial charge in [0.1, 0.15) is 11.2 Å². The van der Waals surface area contributed by atoms with Crippen LogP contribution < -0.4 is 0 Å². The van der Waals surface area contributed by atoms with E-state index in [2.05, 4.69) is 108 Å². The van der Waals surface area contributed by atoms with Gasteiger partial charge >= 0.3 is 0 Å². The second kappa shape index (κ2) is 11.4. The maximum absolute atomic E-state index is 6.48. The maximum Gasteiger partial charge on any atom is 0.164 e. The van der Waals surface area contributed by atoms with Crippen molar-refractivity contribution >= 4 is 43.7 Å². The van der Waals surface area contributed by atoms with Crippen molar-refractivity contribution in [2.24, 2.45) is 0 Å². The summed E-state index contributed by atoms with van der Waals surface area (Å²) in [4.78, 5) is 14.7. The third-order valence-corrected chi connectivity index (χ3v) is 9.45. The van der Waals surface area contributed by atoms with Crippen molar-refractivity contribution in [2.75, 3.05) is 0 Å². The number of para-hydroxylation sites is 2. The van der Waals surface area contributed by atoms with Crippen molar-refractivity contribution in [3.63, 3.8) is 0 Å². The standard InChI is InChI=1S/C45H28N4O/c1-4-13-29(14-5-1)43-46-44(30-15-6-2-7-16-30)48-45(47-43)32-23-25-35-37-27-31(24-26-40(37)50-41(35)28-32)34-20-12-22-39-42(34)36-19-10-11-21-38(36)49(39)33-17-8-3-9-18-33/h1-28H. The lowest BCUT2D eigenvalue weighted by Crippen LogP contribution is -2.00. The third-order valence-electron chi connectivity index (χ3n) is 9.45. The SMILES string of the molecule is c1ccc(-c2nc(-c3ccccc3)nc(-c3ccc4c(c3)oc3ccc(-c5cccc6c5c5ccccc5n6-c5ccccc5)cc34)n2)cc1. The summed E-state index contributed by atoms with van der Waals surface area (Å²) >= 11 is 0. The summed E-state index contributed by atoms with van der Waals surface area (Å²) in [6.07, 6.45) is 0. The van der Waals surface area contributed by atoms with E-state index in [4.69, 9.17) is 19.4 Å². The highest BCUT2D eigenvalue weighted by Crippen LogP contribution is 2.41. The molecule has 10 rings (SSSR count). The van der Waals surface area contributed by atoms with Crippen LogP contribution in [0.1, 0.15) is 0 Å². The Bertz CT molecular complexity index is 2800. The molecule has 0 amide bonds. The summed E-state index contributed by atoms with van der Waals surface area (Å²) in [6.45, 7) is 0. The van der Waals surface area contributed by atoms with E-state index < -0.39 is 0 Å². The van der Waals surface area contributed by atoms with Crippen LogP contribution in [0.3, 0.4) is 0 Å². The Morgan fingerprint density at radius 2 is 0.980 bits per heavy atom. The van der Waals surface area contributed by atoms with Crippen molar-refractivity contribution in [3.8, 4) is 51.0 Å². The fourth-order valence-corrected chi connectivity index (χ4v) is 7.14. The van der Waals surface area contributed by atoms with Crippen molar-refractivity contribution < 1.29 is 4.42 Å². The molecular formula is C45H28N4O. The summed E-state index contributed by atoms with van der Waals surface area (Å²) in [5.74, 6) is 1.86. The third kappa shape index (κ3) is 4.60. The van der Waals surface area contributed by atoms with Crippen LogP contribution in [-0.2, 0) is 0 Å². The Morgan fingerprint density at radius 3 is 1.70 bits per heavy atom. The van der Waals surface area contributed by atoms with Crippen LogP contribution >= 0.6 is 0 Å². The molecule has 5 heteroatoms. The molecule has 7 aromatic carbocycles. The average molecular weight is 641 g/mol. The monoisotopic (exact) mass is 640 g/mol. The lowest BCUT2D eigenvalue weighted by molar-refractivity contribution is 0.669. The van der Waals surface area contributed by atoms with Gasteiger partial charge in [0.05, 0.1) is 11.0 Å². The predicted octanol–water partition coefficient (Wildman–Crippen LogP) is 11.5. The molecule has 10 aromatic rings. The molecule has 0 aliphatic rings. The van der Waals surface area contributed by atoms with Gasteiger partial charge in [-0.25, -0.2) is 15.0 Å². The molecule has 0 bridgehead atoms. The highest BCUT2D eigenvalue weighted by molar-refractivity contribution is 6.17. The number of nitrogens with zero attached hydrogens (tertiary/aromatic N) is 4. The molecule has 0 spiro atoms. The van der Waals surface area contributed by atoms with E-state index in [1.165, 1.54) is 27.4 Å². The van der Waals surface area contributed by atoms with E-state index in [1.54, 1.807) is 0 Å². The van der Waals surface area contributed by atoms with E-state index in [-0.39, 0.29) is 0 Å². The van der Waals surface area contributed by atoms with Crippen LogP contribution in [-0.4, -0.2) is 19.5 Å². The molecule has 0 atom stereocenters. The topological polar surface area (TPSA) is 56.7 Å². The molecule has 3 aromatic heterocycles. The highest BCUT2D eigenvalue weighted by Gasteiger charge is 2.18. The minimum absolute atomic E-state index is 0.599. The zero-order valence-corrected chi connectivity index (χ0v) is 26.9. The smallest absolute Gasteiger partial charge is 0.164 e. The molecule has 3 heterocycles. The molecule has 0 N–H and O–H groups in total. The first-order chi connectivity index (χ1) is 24.8. The first-order valence-electron chi connectivity index (χ1n) is 16.7. The Kier molecular flexibility index (Phi) is 6.42. The van der Waals surface area contributed by atoms with Crippen molar-refractivity contribution in [3.05, 3.63) is 170 Å². The van der Waals surface area contributed by atoms with E-state index in [0.29, 0.717) is 17.5 Å². The molecule has 0 radical (unpaired) electrons. The number of aromatic nitrogens is 4. The van der Waals surface area contributed by atoms with E-state index in [0.717, 1.165) is 49.9 Å². The van der Waals surface area contributed by atoms with Crippen LogP contribution in [0, 0.1) is 0 Å². The lowest BCUT2D eigenvalue weighted by Gasteiger charge is -2.09. The van der Waals surface area contributed by atoms with Crippen molar-refractivity contribution in [1.29, 1.82) is 0 Å². The molecule has 0 aliphatic carbocycles. The number of furan rings is 1. The number of benzene rings is 7. The molecular weight excluding hydrogens is 613 g/mol. The fraction of sp³-hybridized carbons (Fsp3) is 0. The van der Waals surface area contributed by atoms with E-state index in [9.17, 15) is 0 Å². The Hall–Kier alpha value is -6.85. The van der Waals surface area contributed by atoms with Gasteiger partial charge in [0.25, 0.3) is 0 Å². The molecule has 0 saturated heterocycles. The quantitative estimate of drug-likeness (QED) is 0.188. The summed E-state index contributed by atoms with van der Waals surface area (Å²) in [5, 5.41) is 4.58. The van der Waals surface area contributed by atoms with Gasteiger partial charge < -0.3 is 8.98 Å². The zero-order valence-electron chi connectivity index (χ0n) is 26.9. The minimum atomic E-state index is 0.599. The molecule has 0 saturated carbocycles. The van der Waals surface area contributed by atoms with Crippen LogP contribution in [0.15, 0.2) is 174 Å². The summed E-state index contributed by atoms with van der Waals surface area (Å²) in [5.41, 5.74) is 10.2. The van der Waals surface area contributed by atoms with Gasteiger partial charge in [0.2, 0.25) is 0 Å². The predicted molar refractivity (Wildman–Crippen MR) is 203 cm³/mol. The second-order valence-corrected chi connectivity index (χ2v) is 12.5.